The van der Waals surface area contributed by atoms with Crippen molar-refractivity contribution < 1.29 is 0 Å². The van der Waals surface area contributed by atoms with Crippen LogP contribution in [0.2, 0.25) is 0 Å². The molecule has 0 amide bonds. The van der Waals surface area contributed by atoms with Gasteiger partial charge in [-0.05, 0) is 0 Å². The van der Waals surface area contributed by atoms with Crippen LogP contribution in [0.3, 0.4) is 0 Å². The number of nitrogens with one attached hydrogen (secondary N) is 1. The molecule has 1 rings (SSSR count). The second kappa shape index (κ2) is 3.74. The zero-order valence-corrected chi connectivity index (χ0v) is 8.88. The van der Waals surface area contributed by atoms with Gasteiger partial charge in [-0.1, -0.05) is 0 Å². The van der Waals surface area contributed by atoms with Gasteiger partial charge in [-0.15, -0.1) is 0 Å². The van der Waals surface area contributed by atoms with Crippen molar-refractivity contribution >= 4 is 26.3 Å². The van der Waals surface area contributed by atoms with Gasteiger partial charge in [0.05, 0.1) is 0 Å². The van der Waals surface area contributed by atoms with Crippen molar-refractivity contribution in [3.63, 3.8) is 0 Å². The molecule has 0 aromatic heterocycles. The van der Waals surface area contributed by atoms with E-state index in [0.29, 0.717) is 4.61 Å². The van der Waals surface area contributed by atoms with E-state index in [9.17, 15) is 0 Å². The Bertz CT molecular complexity index is 277. The third-order valence-electron chi connectivity index (χ3n) is 1.65. The van der Waals surface area contributed by atoms with E-state index >= 15 is 0 Å². The molecule has 3 heteroatoms. The summed E-state index contributed by atoms with van der Waals surface area (Å²) in [6, 6.07) is 7.88. The third-order valence-corrected chi connectivity index (χ3v) is 2.14. The van der Waals surface area contributed by atoms with Crippen LogP contribution in [0.4, 0.5) is 5.69 Å². The fraction of sp³-hybridized carbons (Fsp3) is 0.222. The van der Waals surface area contributed by atoms with Gasteiger partial charge in [0.1, 0.15) is 0 Å². The normalized spacial score (nSPS) is 9.50. The first kappa shape index (κ1) is 9.30. The zero-order valence-electron chi connectivity index (χ0n) is 7.16. The summed E-state index contributed by atoms with van der Waals surface area (Å²) >= 11 is 2.67. The van der Waals surface area contributed by atoms with Gasteiger partial charge >= 0.3 is 80.5 Å². The van der Waals surface area contributed by atoms with E-state index in [1.807, 2.05) is 43.3 Å². The van der Waals surface area contributed by atoms with Crippen LogP contribution in [0.25, 0.3) is 0 Å². The molecule has 63 valence electrons. The number of benzene rings is 1. The van der Waals surface area contributed by atoms with Crippen molar-refractivity contribution in [2.75, 3.05) is 19.0 Å². The molecule has 0 aliphatic rings. The van der Waals surface area contributed by atoms with Gasteiger partial charge in [0.15, 0.2) is 0 Å². The standard InChI is InChI=1S/C9H11N2Se/c1-11(2)8-5-3-7(4-6-8)9(10)12/h3-6,10H,1-2H3. The van der Waals surface area contributed by atoms with Crippen LogP contribution in [-0.2, 0) is 0 Å². The minimum atomic E-state index is 0.486. The summed E-state index contributed by atoms with van der Waals surface area (Å²) in [7, 11) is 4.00. The molecule has 1 aromatic rings. The summed E-state index contributed by atoms with van der Waals surface area (Å²) in [6.45, 7) is 0. The van der Waals surface area contributed by atoms with Crippen LogP contribution in [-0.4, -0.2) is 34.7 Å². The first-order valence-corrected chi connectivity index (χ1v) is 4.50. The topological polar surface area (TPSA) is 27.1 Å². The van der Waals surface area contributed by atoms with Crippen LogP contribution in [0.5, 0.6) is 0 Å². The molecule has 0 aliphatic carbocycles. The Morgan fingerprint density at radius 3 is 2.08 bits per heavy atom. The monoisotopic (exact) mass is 227 g/mol. The molecule has 1 radical (unpaired) electrons. The predicted molar refractivity (Wildman–Crippen MR) is 53.4 cm³/mol. The summed E-state index contributed by atoms with van der Waals surface area (Å²) in [6.07, 6.45) is 0. The fourth-order valence-electron chi connectivity index (χ4n) is 0.911. The number of anilines is 1. The first-order chi connectivity index (χ1) is 5.61. The first-order valence-electron chi connectivity index (χ1n) is 3.64. The minimum absolute atomic E-state index is 0.486. The van der Waals surface area contributed by atoms with E-state index < -0.39 is 0 Å². The molecule has 0 saturated carbocycles. The Kier molecular flexibility index (Phi) is 2.90. The summed E-state index contributed by atoms with van der Waals surface area (Å²) in [5.74, 6) is 0. The number of rotatable bonds is 2. The van der Waals surface area contributed by atoms with Gasteiger partial charge in [-0.2, -0.15) is 0 Å². The molecule has 0 fully saturated rings. The van der Waals surface area contributed by atoms with E-state index in [-0.39, 0.29) is 0 Å². The van der Waals surface area contributed by atoms with Crippen LogP contribution < -0.4 is 4.90 Å². The predicted octanol–water partition coefficient (Wildman–Crippen LogP) is 1.25. The summed E-state index contributed by atoms with van der Waals surface area (Å²) in [5, 5.41) is 7.34. The van der Waals surface area contributed by atoms with Crippen molar-refractivity contribution in [1.82, 2.24) is 0 Å². The van der Waals surface area contributed by atoms with Crippen LogP contribution >= 0.6 is 0 Å². The molecule has 0 atom stereocenters. The number of nitrogens with zero attached hydrogens (tertiary/aromatic N) is 1. The van der Waals surface area contributed by atoms with Crippen molar-refractivity contribution in [2.24, 2.45) is 0 Å². The number of hydrogen-bond donors (Lipinski definition) is 1. The molecule has 0 aliphatic heterocycles. The summed E-state index contributed by atoms with van der Waals surface area (Å²) < 4.78 is 0.486. The maximum atomic E-state index is 7.34. The molecule has 1 N–H and O–H groups in total. The molecule has 12 heavy (non-hydrogen) atoms. The molecular weight excluding hydrogens is 215 g/mol. The second-order valence-electron chi connectivity index (χ2n) is 2.77. The Balaban J connectivity index is 2.93. The number of hydrogen-bond acceptors (Lipinski definition) is 2. The molecule has 0 unspecified atom stereocenters. The average Bonchev–Trinajstić information content (AvgIpc) is 2.04. The van der Waals surface area contributed by atoms with E-state index in [0.717, 1.165) is 11.3 Å². The summed E-state index contributed by atoms with van der Waals surface area (Å²) in [5.41, 5.74) is 2.08. The van der Waals surface area contributed by atoms with E-state index in [2.05, 4.69) is 16.0 Å². The molecular formula is C9H11N2Se. The van der Waals surface area contributed by atoms with Crippen LogP contribution in [0.1, 0.15) is 5.56 Å². The van der Waals surface area contributed by atoms with E-state index in [4.69, 9.17) is 5.41 Å². The maximum absolute atomic E-state index is 7.34. The van der Waals surface area contributed by atoms with Gasteiger partial charge in [-0.3, -0.25) is 0 Å². The van der Waals surface area contributed by atoms with Gasteiger partial charge < -0.3 is 0 Å². The molecule has 0 heterocycles. The Morgan fingerprint density at radius 2 is 1.75 bits per heavy atom. The molecule has 0 bridgehead atoms. The van der Waals surface area contributed by atoms with Crippen LogP contribution in [0, 0.1) is 5.41 Å². The average molecular weight is 226 g/mol. The van der Waals surface area contributed by atoms with Gasteiger partial charge in [0, 0.05) is 0 Å². The molecule has 0 saturated heterocycles. The Hall–Kier alpha value is -0.791. The van der Waals surface area contributed by atoms with E-state index in [1.54, 1.807) is 0 Å². The van der Waals surface area contributed by atoms with E-state index in [1.165, 1.54) is 0 Å². The van der Waals surface area contributed by atoms with Gasteiger partial charge in [0.25, 0.3) is 0 Å². The summed E-state index contributed by atoms with van der Waals surface area (Å²) in [4.78, 5) is 2.03. The Labute approximate surface area is 80.9 Å². The quantitative estimate of drug-likeness (QED) is 0.596. The SMILES string of the molecule is CN(C)c1ccc(C(=N)[Se])cc1. The Morgan fingerprint density at radius 1 is 1.25 bits per heavy atom. The van der Waals surface area contributed by atoms with Crippen molar-refractivity contribution in [3.8, 4) is 0 Å². The van der Waals surface area contributed by atoms with Gasteiger partial charge in [-0.25, -0.2) is 0 Å². The van der Waals surface area contributed by atoms with Crippen molar-refractivity contribution in [3.05, 3.63) is 29.8 Å². The molecule has 0 spiro atoms. The molecule has 1 aromatic carbocycles. The zero-order chi connectivity index (χ0) is 9.14. The second-order valence-corrected chi connectivity index (χ2v) is 3.63. The third kappa shape index (κ3) is 2.10. The van der Waals surface area contributed by atoms with Crippen molar-refractivity contribution in [2.45, 2.75) is 0 Å². The fourth-order valence-corrected chi connectivity index (χ4v) is 1.20. The van der Waals surface area contributed by atoms with Crippen molar-refractivity contribution in [1.29, 1.82) is 5.41 Å². The van der Waals surface area contributed by atoms with Crippen LogP contribution in [0.15, 0.2) is 24.3 Å². The molecule has 2 nitrogen and oxygen atoms in total. The van der Waals surface area contributed by atoms with Gasteiger partial charge in [0.2, 0.25) is 0 Å².